The van der Waals surface area contributed by atoms with Gasteiger partial charge in [0.05, 0.1) is 16.8 Å². The minimum absolute atomic E-state index is 0.0675. The average molecular weight is 333 g/mol. The van der Waals surface area contributed by atoms with Crippen molar-refractivity contribution >= 4 is 27.6 Å². The number of rotatable bonds is 4. The van der Waals surface area contributed by atoms with Crippen molar-refractivity contribution in [2.24, 2.45) is 5.92 Å². The highest BCUT2D eigenvalue weighted by Crippen LogP contribution is 2.23. The van der Waals surface area contributed by atoms with Crippen molar-refractivity contribution in [2.75, 3.05) is 6.61 Å². The molecule has 1 heterocycles. The third-order valence-electron chi connectivity index (χ3n) is 4.45. The van der Waals surface area contributed by atoms with Gasteiger partial charge in [-0.3, -0.25) is 0 Å². The number of para-hydroxylation sites is 1. The van der Waals surface area contributed by atoms with Crippen LogP contribution in [0, 0.1) is 5.92 Å². The van der Waals surface area contributed by atoms with Crippen LogP contribution in [0.25, 0.3) is 10.2 Å². The SMILES string of the molecule is O=C(NCc1nc2ccccc2s1)NC1CCCCCC1CO. The Bertz CT molecular complexity index is 625. The molecule has 2 atom stereocenters. The van der Waals surface area contributed by atoms with Crippen LogP contribution in [-0.4, -0.2) is 28.8 Å². The van der Waals surface area contributed by atoms with E-state index in [0.717, 1.165) is 40.9 Å². The van der Waals surface area contributed by atoms with Gasteiger partial charge in [0.1, 0.15) is 5.01 Å². The van der Waals surface area contributed by atoms with Crippen molar-refractivity contribution in [3.05, 3.63) is 29.3 Å². The van der Waals surface area contributed by atoms with Crippen LogP contribution in [0.2, 0.25) is 0 Å². The topological polar surface area (TPSA) is 74.2 Å². The van der Waals surface area contributed by atoms with E-state index in [4.69, 9.17) is 0 Å². The van der Waals surface area contributed by atoms with Gasteiger partial charge in [0.2, 0.25) is 0 Å². The highest BCUT2D eigenvalue weighted by Gasteiger charge is 2.24. The molecule has 2 aromatic rings. The zero-order valence-electron chi connectivity index (χ0n) is 13.1. The summed E-state index contributed by atoms with van der Waals surface area (Å²) < 4.78 is 1.13. The lowest BCUT2D eigenvalue weighted by molar-refractivity contribution is 0.179. The number of carbonyl (C=O) groups is 1. The molecule has 1 fully saturated rings. The Hall–Kier alpha value is -1.66. The molecule has 3 rings (SSSR count). The maximum absolute atomic E-state index is 12.1. The summed E-state index contributed by atoms with van der Waals surface area (Å²) in [5.74, 6) is 0.172. The molecule has 124 valence electrons. The van der Waals surface area contributed by atoms with E-state index in [1.54, 1.807) is 11.3 Å². The van der Waals surface area contributed by atoms with Crippen LogP contribution in [-0.2, 0) is 6.54 Å². The van der Waals surface area contributed by atoms with Crippen LogP contribution in [0.4, 0.5) is 4.79 Å². The van der Waals surface area contributed by atoms with Gasteiger partial charge in [-0.05, 0) is 25.0 Å². The number of benzene rings is 1. The van der Waals surface area contributed by atoms with Crippen molar-refractivity contribution in [2.45, 2.75) is 44.7 Å². The zero-order chi connectivity index (χ0) is 16.1. The van der Waals surface area contributed by atoms with Crippen molar-refractivity contribution < 1.29 is 9.90 Å². The lowest BCUT2D eigenvalue weighted by Gasteiger charge is -2.24. The van der Waals surface area contributed by atoms with Crippen molar-refractivity contribution in [3.8, 4) is 0 Å². The van der Waals surface area contributed by atoms with Gasteiger partial charge in [-0.2, -0.15) is 0 Å². The summed E-state index contributed by atoms with van der Waals surface area (Å²) in [5, 5.41) is 16.3. The predicted octanol–water partition coefficient (Wildman–Crippen LogP) is 3.04. The first-order chi connectivity index (χ1) is 11.3. The fraction of sp³-hybridized carbons (Fsp3) is 0.529. The molecular formula is C17H23N3O2S. The number of hydrogen-bond donors (Lipinski definition) is 3. The smallest absolute Gasteiger partial charge is 0.315 e. The Morgan fingerprint density at radius 2 is 2.09 bits per heavy atom. The van der Waals surface area contributed by atoms with E-state index in [-0.39, 0.29) is 24.6 Å². The van der Waals surface area contributed by atoms with E-state index >= 15 is 0 Å². The Morgan fingerprint density at radius 3 is 2.91 bits per heavy atom. The fourth-order valence-corrected chi connectivity index (χ4v) is 4.07. The summed E-state index contributed by atoms with van der Waals surface area (Å²) in [6.07, 6.45) is 5.36. The lowest BCUT2D eigenvalue weighted by atomic mass is 9.96. The van der Waals surface area contributed by atoms with E-state index in [2.05, 4.69) is 15.6 Å². The Kier molecular flexibility index (Phi) is 5.46. The van der Waals surface area contributed by atoms with Gasteiger partial charge in [0, 0.05) is 18.6 Å². The molecule has 0 saturated heterocycles. The lowest BCUT2D eigenvalue weighted by Crippen LogP contribution is -2.45. The molecule has 2 unspecified atom stereocenters. The number of nitrogens with one attached hydrogen (secondary N) is 2. The molecule has 1 saturated carbocycles. The van der Waals surface area contributed by atoms with Gasteiger partial charge in [-0.1, -0.05) is 31.4 Å². The molecule has 1 aliphatic rings. The standard InChI is InChI=1S/C17H23N3O2S/c21-11-12-6-2-1-3-7-13(12)20-17(22)18-10-16-19-14-8-4-5-9-15(14)23-16/h4-5,8-9,12-13,21H,1-3,6-7,10-11H2,(H2,18,20,22). The molecule has 1 aromatic heterocycles. The quantitative estimate of drug-likeness (QED) is 0.753. The Labute approximate surface area is 140 Å². The highest BCUT2D eigenvalue weighted by molar-refractivity contribution is 7.18. The normalized spacial score (nSPS) is 21.8. The summed E-state index contributed by atoms with van der Waals surface area (Å²) >= 11 is 1.60. The zero-order valence-corrected chi connectivity index (χ0v) is 13.9. The molecule has 0 bridgehead atoms. The van der Waals surface area contributed by atoms with E-state index in [1.165, 1.54) is 6.42 Å². The van der Waals surface area contributed by atoms with Gasteiger partial charge in [-0.25, -0.2) is 9.78 Å². The third-order valence-corrected chi connectivity index (χ3v) is 5.48. The van der Waals surface area contributed by atoms with Crippen LogP contribution in [0.1, 0.15) is 37.1 Å². The van der Waals surface area contributed by atoms with E-state index in [1.807, 2.05) is 24.3 Å². The van der Waals surface area contributed by atoms with Crippen molar-refractivity contribution in [1.29, 1.82) is 0 Å². The number of amides is 2. The van der Waals surface area contributed by atoms with Crippen LogP contribution < -0.4 is 10.6 Å². The molecule has 0 radical (unpaired) electrons. The first-order valence-electron chi connectivity index (χ1n) is 8.26. The molecule has 1 aromatic carbocycles. The van der Waals surface area contributed by atoms with Gasteiger partial charge >= 0.3 is 6.03 Å². The van der Waals surface area contributed by atoms with Gasteiger partial charge in [0.25, 0.3) is 0 Å². The second kappa shape index (κ2) is 7.75. The number of hydrogen-bond acceptors (Lipinski definition) is 4. The number of aromatic nitrogens is 1. The second-order valence-corrected chi connectivity index (χ2v) is 7.20. The van der Waals surface area contributed by atoms with Gasteiger partial charge in [-0.15, -0.1) is 11.3 Å². The maximum Gasteiger partial charge on any atom is 0.315 e. The Morgan fingerprint density at radius 1 is 1.26 bits per heavy atom. The van der Waals surface area contributed by atoms with Crippen LogP contribution in [0.15, 0.2) is 24.3 Å². The summed E-state index contributed by atoms with van der Waals surface area (Å²) in [4.78, 5) is 16.7. The minimum atomic E-state index is -0.172. The molecule has 6 heteroatoms. The van der Waals surface area contributed by atoms with Gasteiger partial charge < -0.3 is 15.7 Å². The summed E-state index contributed by atoms with van der Waals surface area (Å²) in [6, 6.07) is 7.87. The first-order valence-corrected chi connectivity index (χ1v) is 9.07. The van der Waals surface area contributed by atoms with Gasteiger partial charge in [0.15, 0.2) is 0 Å². The first kappa shape index (κ1) is 16.2. The summed E-state index contributed by atoms with van der Waals surface area (Å²) in [7, 11) is 0. The monoisotopic (exact) mass is 333 g/mol. The number of fused-ring (bicyclic) bond motifs is 1. The number of thiazole rings is 1. The molecule has 3 N–H and O–H groups in total. The molecule has 0 spiro atoms. The highest BCUT2D eigenvalue weighted by atomic mass is 32.1. The summed E-state index contributed by atoms with van der Waals surface area (Å²) in [5.41, 5.74) is 0.971. The van der Waals surface area contributed by atoms with E-state index in [0.29, 0.717) is 6.54 Å². The van der Waals surface area contributed by atoms with Crippen LogP contribution in [0.5, 0.6) is 0 Å². The number of aliphatic hydroxyl groups is 1. The van der Waals surface area contributed by atoms with Crippen LogP contribution >= 0.6 is 11.3 Å². The second-order valence-electron chi connectivity index (χ2n) is 6.09. The molecule has 5 nitrogen and oxygen atoms in total. The molecule has 2 amide bonds. The molecule has 23 heavy (non-hydrogen) atoms. The number of carbonyl (C=O) groups excluding carboxylic acids is 1. The fourth-order valence-electron chi connectivity index (χ4n) is 3.16. The van der Waals surface area contributed by atoms with E-state index < -0.39 is 0 Å². The number of urea groups is 1. The predicted molar refractivity (Wildman–Crippen MR) is 92.4 cm³/mol. The third kappa shape index (κ3) is 4.20. The maximum atomic E-state index is 12.1. The Balaban J connectivity index is 1.54. The van der Waals surface area contributed by atoms with E-state index in [9.17, 15) is 9.90 Å². The molecule has 1 aliphatic carbocycles. The molecule has 0 aliphatic heterocycles. The van der Waals surface area contributed by atoms with Crippen molar-refractivity contribution in [1.82, 2.24) is 15.6 Å². The largest absolute Gasteiger partial charge is 0.396 e. The summed E-state index contributed by atoms with van der Waals surface area (Å²) in [6.45, 7) is 0.574. The number of nitrogens with zero attached hydrogens (tertiary/aromatic N) is 1. The molecular weight excluding hydrogens is 310 g/mol. The van der Waals surface area contributed by atoms with Crippen molar-refractivity contribution in [3.63, 3.8) is 0 Å². The average Bonchev–Trinajstić information content (AvgIpc) is 2.85. The number of aliphatic hydroxyl groups excluding tert-OH is 1. The van der Waals surface area contributed by atoms with Crippen LogP contribution in [0.3, 0.4) is 0 Å². The minimum Gasteiger partial charge on any atom is -0.396 e.